The van der Waals surface area contributed by atoms with Crippen LogP contribution in [-0.2, 0) is 4.79 Å². The monoisotopic (exact) mass is 333 g/mol. The van der Waals surface area contributed by atoms with E-state index in [4.69, 9.17) is 0 Å². The highest BCUT2D eigenvalue weighted by atomic mass is 32.2. The second-order valence-electron chi connectivity index (χ2n) is 6.07. The molecule has 0 aliphatic carbocycles. The van der Waals surface area contributed by atoms with E-state index in [0.29, 0.717) is 23.6 Å². The van der Waals surface area contributed by atoms with Gasteiger partial charge in [0.2, 0.25) is 5.91 Å². The van der Waals surface area contributed by atoms with Crippen LogP contribution in [0.3, 0.4) is 0 Å². The van der Waals surface area contributed by atoms with Gasteiger partial charge in [0.15, 0.2) is 0 Å². The highest BCUT2D eigenvalue weighted by Crippen LogP contribution is 2.33. The summed E-state index contributed by atoms with van der Waals surface area (Å²) in [5.41, 5.74) is 0. The molecule has 3 unspecified atom stereocenters. The lowest BCUT2D eigenvalue weighted by Crippen LogP contribution is -2.36. The van der Waals surface area contributed by atoms with Gasteiger partial charge in [-0.15, -0.1) is 0 Å². The van der Waals surface area contributed by atoms with E-state index in [1.807, 2.05) is 11.8 Å². The summed E-state index contributed by atoms with van der Waals surface area (Å²) in [4.78, 5) is 22.8. The van der Waals surface area contributed by atoms with Crippen LogP contribution < -0.4 is 16.0 Å². The average molecular weight is 333 g/mol. The largest absolute Gasteiger partial charge is 0.356 e. The summed E-state index contributed by atoms with van der Waals surface area (Å²) in [5.74, 6) is 1.67. The van der Waals surface area contributed by atoms with Gasteiger partial charge in [0.05, 0.1) is 12.1 Å². The zero-order chi connectivity index (χ0) is 14.5. The fraction of sp³-hybridized carbons (Fsp3) is 0.857. The molecule has 3 amide bonds. The first kappa shape index (κ1) is 18.6. The SMILES string of the molecule is CC(C)CNC(=O)CCCC[C@@H]1SCC2NC(=O)NC21.P. The van der Waals surface area contributed by atoms with Gasteiger partial charge in [-0.05, 0) is 18.8 Å². The molecule has 3 N–H and O–H groups in total. The Morgan fingerprint density at radius 2 is 2.14 bits per heavy atom. The predicted molar refractivity (Wildman–Crippen MR) is 92.9 cm³/mol. The van der Waals surface area contributed by atoms with Crippen molar-refractivity contribution in [2.45, 2.75) is 56.9 Å². The maximum Gasteiger partial charge on any atom is 0.315 e. The quantitative estimate of drug-likeness (QED) is 0.376. The van der Waals surface area contributed by atoms with Crippen LogP contribution in [0.4, 0.5) is 4.79 Å². The van der Waals surface area contributed by atoms with Gasteiger partial charge in [-0.25, -0.2) is 4.79 Å². The van der Waals surface area contributed by atoms with Crippen LogP contribution in [0.15, 0.2) is 0 Å². The number of carbonyl (C=O) groups excluding carboxylic acids is 2. The van der Waals surface area contributed by atoms with E-state index >= 15 is 0 Å². The van der Waals surface area contributed by atoms with Gasteiger partial charge in [-0.1, -0.05) is 20.3 Å². The Labute approximate surface area is 134 Å². The molecule has 0 saturated carbocycles. The topological polar surface area (TPSA) is 70.2 Å². The molecule has 2 fully saturated rings. The molecule has 2 saturated heterocycles. The van der Waals surface area contributed by atoms with Gasteiger partial charge in [-0.3, -0.25) is 4.79 Å². The Kier molecular flexibility index (Phi) is 7.82. The van der Waals surface area contributed by atoms with Crippen LogP contribution in [0.25, 0.3) is 0 Å². The first-order chi connectivity index (χ1) is 9.56. The minimum absolute atomic E-state index is 0. The van der Waals surface area contributed by atoms with Crippen LogP contribution in [-0.4, -0.2) is 41.6 Å². The molecule has 2 heterocycles. The number of rotatable bonds is 7. The van der Waals surface area contributed by atoms with Crippen LogP contribution in [0, 0.1) is 5.92 Å². The first-order valence-corrected chi connectivity index (χ1v) is 8.56. The van der Waals surface area contributed by atoms with Gasteiger partial charge < -0.3 is 16.0 Å². The van der Waals surface area contributed by atoms with E-state index in [2.05, 4.69) is 29.8 Å². The fourth-order valence-electron chi connectivity index (χ4n) is 2.68. The smallest absolute Gasteiger partial charge is 0.315 e. The molecule has 21 heavy (non-hydrogen) atoms. The molecule has 0 spiro atoms. The van der Waals surface area contributed by atoms with Gasteiger partial charge >= 0.3 is 6.03 Å². The summed E-state index contributed by atoms with van der Waals surface area (Å²) in [6.45, 7) is 4.95. The molecular weight excluding hydrogens is 305 g/mol. The lowest BCUT2D eigenvalue weighted by molar-refractivity contribution is -0.121. The maximum atomic E-state index is 11.6. The maximum absolute atomic E-state index is 11.6. The Morgan fingerprint density at radius 1 is 1.38 bits per heavy atom. The lowest BCUT2D eigenvalue weighted by Gasteiger charge is -2.16. The Bertz CT molecular complexity index is 368. The van der Waals surface area contributed by atoms with Crippen LogP contribution in [0.1, 0.15) is 39.5 Å². The molecule has 0 radical (unpaired) electrons. The van der Waals surface area contributed by atoms with E-state index < -0.39 is 0 Å². The second kappa shape index (κ2) is 8.84. The molecule has 0 bridgehead atoms. The molecular formula is C14H28N3O2PS. The number of amides is 3. The number of carbonyl (C=O) groups is 2. The standard InChI is InChI=1S/C14H25N3O2S.H3P/c1-9(2)7-15-12(18)6-4-3-5-11-13-10(8-20-11)16-14(19)17-13;/h9-11,13H,3-8H2,1-2H3,(H,15,18)(H2,16,17,19);1H3/t10?,11-,13?;/m0./s1. The van der Waals surface area contributed by atoms with Crippen molar-refractivity contribution in [2.24, 2.45) is 5.92 Å². The Balaban J connectivity index is 0.00000220. The predicted octanol–water partition coefficient (Wildman–Crippen LogP) is 1.54. The highest BCUT2D eigenvalue weighted by molar-refractivity contribution is 8.00. The number of hydrogen-bond acceptors (Lipinski definition) is 3. The normalized spacial score (nSPS) is 26.8. The molecule has 7 heteroatoms. The van der Waals surface area contributed by atoms with Crippen molar-refractivity contribution in [2.75, 3.05) is 12.3 Å². The Morgan fingerprint density at radius 3 is 2.86 bits per heavy atom. The van der Waals surface area contributed by atoms with Gasteiger partial charge in [0.1, 0.15) is 0 Å². The van der Waals surface area contributed by atoms with Gasteiger partial charge in [0.25, 0.3) is 0 Å². The number of unbranched alkanes of at least 4 members (excludes halogenated alkanes) is 1. The number of fused-ring (bicyclic) bond motifs is 1. The molecule has 2 rings (SSSR count). The second-order valence-corrected chi connectivity index (χ2v) is 7.34. The summed E-state index contributed by atoms with van der Waals surface area (Å²) in [6, 6.07) is 0.549. The van der Waals surface area contributed by atoms with Crippen LogP contribution >= 0.6 is 21.7 Å². The van der Waals surface area contributed by atoms with Crippen molar-refractivity contribution in [3.8, 4) is 0 Å². The van der Waals surface area contributed by atoms with E-state index in [-0.39, 0.29) is 27.9 Å². The summed E-state index contributed by atoms with van der Waals surface area (Å²) < 4.78 is 0. The van der Waals surface area contributed by atoms with Crippen molar-refractivity contribution in [1.29, 1.82) is 0 Å². The number of thioether (sulfide) groups is 1. The van der Waals surface area contributed by atoms with Crippen molar-refractivity contribution in [3.63, 3.8) is 0 Å². The van der Waals surface area contributed by atoms with E-state index in [1.165, 1.54) is 0 Å². The molecule has 2 aliphatic rings. The summed E-state index contributed by atoms with van der Waals surface area (Å²) in [5, 5.41) is 9.38. The summed E-state index contributed by atoms with van der Waals surface area (Å²) in [7, 11) is 0. The van der Waals surface area contributed by atoms with Gasteiger partial charge in [0, 0.05) is 24.0 Å². The Hall–Kier alpha value is -0.480. The molecule has 122 valence electrons. The first-order valence-electron chi connectivity index (χ1n) is 7.51. The molecule has 0 aromatic carbocycles. The highest BCUT2D eigenvalue weighted by Gasteiger charge is 2.42. The molecule has 0 aromatic heterocycles. The van der Waals surface area contributed by atoms with Gasteiger partial charge in [-0.2, -0.15) is 21.7 Å². The van der Waals surface area contributed by atoms with E-state index in [9.17, 15) is 9.59 Å². The van der Waals surface area contributed by atoms with Crippen molar-refractivity contribution >= 4 is 33.6 Å². The van der Waals surface area contributed by atoms with Crippen molar-refractivity contribution < 1.29 is 9.59 Å². The number of hydrogen-bond donors (Lipinski definition) is 3. The number of nitrogens with one attached hydrogen (secondary N) is 3. The van der Waals surface area contributed by atoms with Crippen LogP contribution in [0.2, 0.25) is 0 Å². The third-order valence-corrected chi connectivity index (χ3v) is 5.30. The summed E-state index contributed by atoms with van der Waals surface area (Å²) >= 11 is 1.93. The third kappa shape index (κ3) is 5.67. The van der Waals surface area contributed by atoms with Crippen molar-refractivity contribution in [3.05, 3.63) is 0 Å². The average Bonchev–Trinajstić information content (AvgIpc) is 2.92. The fourth-order valence-corrected chi connectivity index (χ4v) is 4.22. The zero-order valence-electron chi connectivity index (χ0n) is 13.0. The lowest BCUT2D eigenvalue weighted by atomic mass is 10.0. The molecule has 4 atom stereocenters. The number of urea groups is 1. The van der Waals surface area contributed by atoms with Crippen LogP contribution in [0.5, 0.6) is 0 Å². The molecule has 5 nitrogen and oxygen atoms in total. The molecule has 2 aliphatic heterocycles. The minimum Gasteiger partial charge on any atom is -0.356 e. The van der Waals surface area contributed by atoms with Crippen molar-refractivity contribution in [1.82, 2.24) is 16.0 Å². The molecule has 0 aromatic rings. The summed E-state index contributed by atoms with van der Waals surface area (Å²) in [6.07, 6.45) is 3.67. The third-order valence-electron chi connectivity index (χ3n) is 3.79. The van der Waals surface area contributed by atoms with E-state index in [0.717, 1.165) is 31.6 Å². The zero-order valence-corrected chi connectivity index (χ0v) is 15.2. The van der Waals surface area contributed by atoms with E-state index in [1.54, 1.807) is 0 Å². The minimum atomic E-state index is -0.0293.